The smallest absolute Gasteiger partial charge is 0.319 e. The molecule has 0 aliphatic heterocycles. The summed E-state index contributed by atoms with van der Waals surface area (Å²) in [4.78, 5) is 12.0. The quantitative estimate of drug-likeness (QED) is 0.638. The maximum atomic E-state index is 12.0. The van der Waals surface area contributed by atoms with Crippen molar-refractivity contribution in [2.45, 2.75) is 20.0 Å². The minimum absolute atomic E-state index is 0.122. The first-order chi connectivity index (χ1) is 12.5. The van der Waals surface area contributed by atoms with Gasteiger partial charge in [-0.3, -0.25) is 0 Å². The van der Waals surface area contributed by atoms with Gasteiger partial charge in [0.15, 0.2) is 0 Å². The first kappa shape index (κ1) is 17.8. The molecule has 0 saturated heterocycles. The molecule has 134 valence electrons. The number of carbonyl (C=O) groups excluding carboxylic acids is 1. The van der Waals surface area contributed by atoms with E-state index in [1.807, 2.05) is 68.4 Å². The number of furan rings is 1. The van der Waals surface area contributed by atoms with Gasteiger partial charge in [-0.1, -0.05) is 30.3 Å². The van der Waals surface area contributed by atoms with Crippen LogP contribution in [0.5, 0.6) is 0 Å². The van der Waals surface area contributed by atoms with Crippen LogP contribution in [0.2, 0.25) is 0 Å². The zero-order chi connectivity index (χ0) is 18.5. The highest BCUT2D eigenvalue weighted by atomic mass is 16.3. The molecular weight excluding hydrogens is 328 g/mol. The summed E-state index contributed by atoms with van der Waals surface area (Å²) < 4.78 is 5.34. The Balaban J connectivity index is 1.53. The Labute approximate surface area is 152 Å². The van der Waals surface area contributed by atoms with Crippen LogP contribution in [0.3, 0.4) is 0 Å². The van der Waals surface area contributed by atoms with Crippen LogP contribution < -0.4 is 10.6 Å². The number of carbonyl (C=O) groups is 1. The number of benzene rings is 2. The minimum Gasteiger partial charge on any atom is -0.464 e. The molecule has 0 radical (unpaired) electrons. The molecule has 5 nitrogen and oxygen atoms in total. The number of aliphatic hydroxyl groups excluding tert-OH is 1. The van der Waals surface area contributed by atoms with E-state index >= 15 is 0 Å². The first-order valence-electron chi connectivity index (χ1n) is 8.47. The van der Waals surface area contributed by atoms with E-state index in [0.29, 0.717) is 0 Å². The van der Waals surface area contributed by atoms with Gasteiger partial charge in [0.2, 0.25) is 0 Å². The van der Waals surface area contributed by atoms with Crippen molar-refractivity contribution in [3.05, 3.63) is 77.6 Å². The van der Waals surface area contributed by atoms with Crippen LogP contribution >= 0.6 is 0 Å². The predicted molar refractivity (Wildman–Crippen MR) is 102 cm³/mol. The number of nitrogens with one attached hydrogen (secondary N) is 2. The van der Waals surface area contributed by atoms with Crippen molar-refractivity contribution in [1.82, 2.24) is 5.32 Å². The van der Waals surface area contributed by atoms with Crippen LogP contribution in [0, 0.1) is 13.8 Å². The number of aryl methyl sites for hydroxylation is 2. The van der Waals surface area contributed by atoms with Gasteiger partial charge in [-0.15, -0.1) is 0 Å². The zero-order valence-corrected chi connectivity index (χ0v) is 14.8. The van der Waals surface area contributed by atoms with E-state index in [4.69, 9.17) is 4.42 Å². The third-order valence-corrected chi connectivity index (χ3v) is 4.32. The highest BCUT2D eigenvalue weighted by molar-refractivity contribution is 5.89. The molecule has 0 aliphatic rings. The van der Waals surface area contributed by atoms with Crippen molar-refractivity contribution in [3.8, 4) is 11.3 Å². The Morgan fingerprint density at radius 3 is 2.50 bits per heavy atom. The van der Waals surface area contributed by atoms with Gasteiger partial charge in [0, 0.05) is 17.8 Å². The fraction of sp³-hybridized carbons (Fsp3) is 0.190. The van der Waals surface area contributed by atoms with Crippen molar-refractivity contribution in [1.29, 1.82) is 0 Å². The normalized spacial score (nSPS) is 11.8. The van der Waals surface area contributed by atoms with Gasteiger partial charge < -0.3 is 20.2 Å². The van der Waals surface area contributed by atoms with Crippen molar-refractivity contribution < 1.29 is 14.3 Å². The van der Waals surface area contributed by atoms with Gasteiger partial charge in [-0.05, 0) is 54.8 Å². The maximum absolute atomic E-state index is 12.0. The molecule has 0 saturated carbocycles. The summed E-state index contributed by atoms with van der Waals surface area (Å²) in [7, 11) is 0. The molecule has 1 aromatic heterocycles. The third-order valence-electron chi connectivity index (χ3n) is 4.32. The number of urea groups is 1. The lowest BCUT2D eigenvalue weighted by Crippen LogP contribution is -2.32. The van der Waals surface area contributed by atoms with Gasteiger partial charge in [-0.2, -0.15) is 0 Å². The van der Waals surface area contributed by atoms with Crippen molar-refractivity contribution >= 4 is 11.7 Å². The molecule has 1 heterocycles. The molecule has 1 atom stereocenters. The van der Waals surface area contributed by atoms with Crippen molar-refractivity contribution in [2.75, 3.05) is 11.9 Å². The van der Waals surface area contributed by atoms with Crippen molar-refractivity contribution in [2.24, 2.45) is 0 Å². The molecule has 0 fully saturated rings. The zero-order valence-electron chi connectivity index (χ0n) is 14.8. The summed E-state index contributed by atoms with van der Waals surface area (Å²) >= 11 is 0. The van der Waals surface area contributed by atoms with Gasteiger partial charge >= 0.3 is 6.03 Å². The summed E-state index contributed by atoms with van der Waals surface area (Å²) in [5, 5.41) is 15.7. The lowest BCUT2D eigenvalue weighted by atomic mass is 10.1. The number of aliphatic hydroxyl groups is 1. The summed E-state index contributed by atoms with van der Waals surface area (Å²) in [5.41, 5.74) is 4.67. The topological polar surface area (TPSA) is 74.5 Å². The molecule has 0 bridgehead atoms. The van der Waals surface area contributed by atoms with E-state index in [2.05, 4.69) is 10.6 Å². The second kappa shape index (κ2) is 7.89. The van der Waals surface area contributed by atoms with Gasteiger partial charge in [0.1, 0.15) is 5.76 Å². The summed E-state index contributed by atoms with van der Waals surface area (Å²) in [6.45, 7) is 4.14. The summed E-state index contributed by atoms with van der Waals surface area (Å²) in [6.07, 6.45) is 0.835. The molecule has 0 aliphatic carbocycles. The largest absolute Gasteiger partial charge is 0.464 e. The second-order valence-corrected chi connectivity index (χ2v) is 6.25. The maximum Gasteiger partial charge on any atom is 0.319 e. The van der Waals surface area contributed by atoms with Gasteiger partial charge in [0.25, 0.3) is 0 Å². The van der Waals surface area contributed by atoms with Crippen LogP contribution in [0.1, 0.15) is 22.8 Å². The van der Waals surface area contributed by atoms with Crippen LogP contribution in [0.25, 0.3) is 11.3 Å². The van der Waals surface area contributed by atoms with E-state index in [0.717, 1.165) is 28.1 Å². The molecule has 3 N–H and O–H groups in total. The Kier molecular flexibility index (Phi) is 5.39. The Bertz CT molecular complexity index is 871. The number of anilines is 1. The molecule has 0 spiro atoms. The molecule has 26 heavy (non-hydrogen) atoms. The molecule has 0 unspecified atom stereocenters. The number of rotatable bonds is 5. The van der Waals surface area contributed by atoms with E-state index in [1.165, 1.54) is 5.56 Å². The average molecular weight is 350 g/mol. The molecular formula is C21H22N2O3. The lowest BCUT2D eigenvalue weighted by Gasteiger charge is -2.14. The second-order valence-electron chi connectivity index (χ2n) is 6.25. The van der Waals surface area contributed by atoms with Gasteiger partial charge in [0.05, 0.1) is 12.4 Å². The van der Waals surface area contributed by atoms with E-state index in [-0.39, 0.29) is 12.6 Å². The highest BCUT2D eigenvalue weighted by Gasteiger charge is 2.11. The Morgan fingerprint density at radius 1 is 1.08 bits per heavy atom. The van der Waals surface area contributed by atoms with E-state index < -0.39 is 6.10 Å². The third kappa shape index (κ3) is 4.32. The molecule has 3 aromatic rings. The Morgan fingerprint density at radius 2 is 1.85 bits per heavy atom. The average Bonchev–Trinajstić information content (AvgIpc) is 3.18. The van der Waals surface area contributed by atoms with Crippen LogP contribution in [-0.4, -0.2) is 17.7 Å². The SMILES string of the molecule is Cc1ccc(NC(=O)NC[C@@H](O)c2ccc(-c3ccco3)cc2)cc1C. The number of hydrogen-bond donors (Lipinski definition) is 3. The van der Waals surface area contributed by atoms with Crippen LogP contribution in [0.4, 0.5) is 10.5 Å². The predicted octanol–water partition coefficient (Wildman–Crippen LogP) is 4.42. The molecule has 5 heteroatoms. The molecule has 2 amide bonds. The lowest BCUT2D eigenvalue weighted by molar-refractivity contribution is 0.175. The van der Waals surface area contributed by atoms with E-state index in [1.54, 1.807) is 6.26 Å². The fourth-order valence-electron chi connectivity index (χ4n) is 2.61. The summed E-state index contributed by atoms with van der Waals surface area (Å²) in [6, 6.07) is 16.5. The number of amides is 2. The van der Waals surface area contributed by atoms with Gasteiger partial charge in [-0.25, -0.2) is 4.79 Å². The molecule has 2 aromatic carbocycles. The minimum atomic E-state index is -0.786. The monoisotopic (exact) mass is 350 g/mol. The standard InChI is InChI=1S/C21H22N2O3/c1-14-5-10-18(12-15(14)2)23-21(25)22-13-19(24)16-6-8-17(9-7-16)20-4-3-11-26-20/h3-12,19,24H,13H2,1-2H3,(H2,22,23,25)/t19-/m1/s1. The summed E-state index contributed by atoms with van der Waals surface area (Å²) in [5.74, 6) is 0.775. The highest BCUT2D eigenvalue weighted by Crippen LogP contribution is 2.22. The first-order valence-corrected chi connectivity index (χ1v) is 8.47. The molecule has 3 rings (SSSR count). The number of hydrogen-bond acceptors (Lipinski definition) is 3. The fourth-order valence-corrected chi connectivity index (χ4v) is 2.61. The Hall–Kier alpha value is -3.05. The van der Waals surface area contributed by atoms with Crippen molar-refractivity contribution in [3.63, 3.8) is 0 Å². The van der Waals surface area contributed by atoms with E-state index in [9.17, 15) is 9.90 Å². The van der Waals surface area contributed by atoms with Crippen LogP contribution in [-0.2, 0) is 0 Å². The van der Waals surface area contributed by atoms with Crippen LogP contribution in [0.15, 0.2) is 65.3 Å².